The molecular weight excluding hydrogens is 176 g/mol. The normalized spacial score (nSPS) is 8.23. The van der Waals surface area contributed by atoms with Gasteiger partial charge in [-0.3, -0.25) is 0 Å². The van der Waals surface area contributed by atoms with Gasteiger partial charge in [0.25, 0.3) is 0 Å². The Hall–Kier alpha value is -0.950. The van der Waals surface area contributed by atoms with Gasteiger partial charge in [0.2, 0.25) is 0 Å². The van der Waals surface area contributed by atoms with Gasteiger partial charge in [-0.15, -0.1) is 12.6 Å². The Morgan fingerprint density at radius 3 is 2.08 bits per heavy atom. The molecule has 0 spiro atoms. The van der Waals surface area contributed by atoms with Gasteiger partial charge in [-0.25, -0.2) is 0 Å². The van der Waals surface area contributed by atoms with Gasteiger partial charge in [-0.2, -0.15) is 0 Å². The highest BCUT2D eigenvalue weighted by atomic mass is 32.1. The van der Waals surface area contributed by atoms with Crippen molar-refractivity contribution >= 4 is 18.2 Å². The van der Waals surface area contributed by atoms with Crippen LogP contribution in [0, 0.1) is 0 Å². The highest BCUT2D eigenvalue weighted by Gasteiger charge is 1.91. The lowest BCUT2D eigenvalue weighted by Gasteiger charge is -1.98. The van der Waals surface area contributed by atoms with Gasteiger partial charge in [-0.1, -0.05) is 45.2 Å². The van der Waals surface area contributed by atoms with Gasteiger partial charge in [0, 0.05) is 4.90 Å². The van der Waals surface area contributed by atoms with Crippen LogP contribution >= 0.6 is 12.6 Å². The molecule has 13 heavy (non-hydrogen) atoms. The van der Waals surface area contributed by atoms with Gasteiger partial charge in [0.05, 0.1) is 0 Å². The van der Waals surface area contributed by atoms with E-state index >= 15 is 0 Å². The maximum atomic E-state index is 4.17. The van der Waals surface area contributed by atoms with E-state index < -0.39 is 0 Å². The second-order valence-electron chi connectivity index (χ2n) is 2.28. The zero-order chi connectivity index (χ0) is 10.3. The molecule has 0 fully saturated rings. The molecule has 0 heterocycles. The van der Waals surface area contributed by atoms with E-state index in [0.29, 0.717) is 0 Å². The number of rotatable bonds is 2. The summed E-state index contributed by atoms with van der Waals surface area (Å²) in [7, 11) is 0. The smallest absolute Gasteiger partial charge is 0.00404 e. The predicted octanol–water partition coefficient (Wildman–Crippen LogP) is 4.20. The molecule has 0 aliphatic heterocycles. The second-order valence-corrected chi connectivity index (χ2v) is 2.79. The molecule has 0 saturated carbocycles. The maximum Gasteiger partial charge on any atom is 0.00404 e. The first kappa shape index (κ1) is 12.0. The fourth-order valence-electron chi connectivity index (χ4n) is 0.793. The SMILES string of the molecule is C=CC(=C)c1ccc(S)cc1.CC. The molecule has 0 radical (unpaired) electrons. The molecule has 0 amide bonds. The molecule has 0 N–H and O–H groups in total. The van der Waals surface area contributed by atoms with Crippen LogP contribution < -0.4 is 0 Å². The molecule has 0 aliphatic carbocycles. The van der Waals surface area contributed by atoms with Gasteiger partial charge in [0.1, 0.15) is 0 Å². The van der Waals surface area contributed by atoms with E-state index in [1.165, 1.54) is 0 Å². The van der Waals surface area contributed by atoms with E-state index in [4.69, 9.17) is 0 Å². The topological polar surface area (TPSA) is 0 Å². The second kappa shape index (κ2) is 6.55. The third kappa shape index (κ3) is 4.00. The lowest BCUT2D eigenvalue weighted by molar-refractivity contribution is 1.45. The lowest BCUT2D eigenvalue weighted by Crippen LogP contribution is -1.76. The molecule has 0 aliphatic rings. The molecule has 0 aromatic heterocycles. The number of thiol groups is 1. The zero-order valence-corrected chi connectivity index (χ0v) is 9.14. The highest BCUT2D eigenvalue weighted by Crippen LogP contribution is 2.15. The average Bonchev–Trinajstić information content (AvgIpc) is 2.21. The van der Waals surface area contributed by atoms with E-state index in [2.05, 4.69) is 25.8 Å². The van der Waals surface area contributed by atoms with Crippen LogP contribution in [0.25, 0.3) is 5.57 Å². The van der Waals surface area contributed by atoms with E-state index in [9.17, 15) is 0 Å². The molecule has 1 aromatic rings. The third-order valence-electron chi connectivity index (χ3n) is 1.48. The summed E-state index contributed by atoms with van der Waals surface area (Å²) in [6, 6.07) is 7.83. The van der Waals surface area contributed by atoms with Crippen LogP contribution in [0.4, 0.5) is 0 Å². The molecule has 0 bridgehead atoms. The molecule has 0 atom stereocenters. The van der Waals surface area contributed by atoms with Crippen molar-refractivity contribution in [3.8, 4) is 0 Å². The van der Waals surface area contributed by atoms with Crippen molar-refractivity contribution in [1.29, 1.82) is 0 Å². The standard InChI is InChI=1S/C10H10S.C2H6/c1-3-8(2)9-4-6-10(11)7-5-9;1-2/h3-7,11H,1-2H2;1-2H3. The fraction of sp³-hybridized carbons (Fsp3) is 0.167. The van der Waals surface area contributed by atoms with Crippen molar-refractivity contribution in [2.24, 2.45) is 0 Å². The summed E-state index contributed by atoms with van der Waals surface area (Å²) < 4.78 is 0. The van der Waals surface area contributed by atoms with Crippen molar-refractivity contribution in [3.05, 3.63) is 49.1 Å². The van der Waals surface area contributed by atoms with E-state index in [-0.39, 0.29) is 0 Å². The summed E-state index contributed by atoms with van der Waals surface area (Å²) in [4.78, 5) is 0.964. The summed E-state index contributed by atoms with van der Waals surface area (Å²) >= 11 is 4.17. The van der Waals surface area contributed by atoms with Crippen LogP contribution in [-0.4, -0.2) is 0 Å². The number of allylic oxidation sites excluding steroid dienone is 2. The summed E-state index contributed by atoms with van der Waals surface area (Å²) in [6.07, 6.45) is 1.74. The van der Waals surface area contributed by atoms with Crippen LogP contribution in [0.1, 0.15) is 19.4 Å². The monoisotopic (exact) mass is 192 g/mol. The van der Waals surface area contributed by atoms with Crippen molar-refractivity contribution in [3.63, 3.8) is 0 Å². The zero-order valence-electron chi connectivity index (χ0n) is 8.25. The van der Waals surface area contributed by atoms with Gasteiger partial charge < -0.3 is 0 Å². The Bertz CT molecular complexity index is 270. The predicted molar refractivity (Wildman–Crippen MR) is 64.3 cm³/mol. The van der Waals surface area contributed by atoms with Crippen molar-refractivity contribution < 1.29 is 0 Å². The Balaban J connectivity index is 0.000000671. The fourth-order valence-corrected chi connectivity index (χ4v) is 0.942. The highest BCUT2D eigenvalue weighted by molar-refractivity contribution is 7.80. The summed E-state index contributed by atoms with van der Waals surface area (Å²) in [5, 5.41) is 0. The number of hydrogen-bond acceptors (Lipinski definition) is 1. The Kier molecular flexibility index (Phi) is 6.07. The first-order valence-electron chi connectivity index (χ1n) is 4.35. The van der Waals surface area contributed by atoms with E-state index in [0.717, 1.165) is 16.0 Å². The Labute approximate surface area is 86.4 Å². The van der Waals surface area contributed by atoms with Crippen LogP contribution in [0.3, 0.4) is 0 Å². The molecular formula is C12H16S. The van der Waals surface area contributed by atoms with Crippen LogP contribution in [-0.2, 0) is 0 Å². The quantitative estimate of drug-likeness (QED) is 0.527. The number of hydrogen-bond donors (Lipinski definition) is 1. The summed E-state index contributed by atoms with van der Waals surface area (Å²) in [5.74, 6) is 0. The van der Waals surface area contributed by atoms with Crippen molar-refractivity contribution in [2.45, 2.75) is 18.7 Å². The minimum atomic E-state index is 0.943. The number of benzene rings is 1. The van der Waals surface area contributed by atoms with Crippen molar-refractivity contribution in [2.75, 3.05) is 0 Å². The van der Waals surface area contributed by atoms with Gasteiger partial charge >= 0.3 is 0 Å². The van der Waals surface area contributed by atoms with Crippen LogP contribution in [0.2, 0.25) is 0 Å². The Morgan fingerprint density at radius 2 is 1.69 bits per heavy atom. The Morgan fingerprint density at radius 1 is 1.23 bits per heavy atom. The maximum absolute atomic E-state index is 4.17. The van der Waals surface area contributed by atoms with Crippen LogP contribution in [0.5, 0.6) is 0 Å². The summed E-state index contributed by atoms with van der Waals surface area (Å²) in [5.41, 5.74) is 2.04. The molecule has 1 heteroatoms. The first-order chi connectivity index (χ1) is 6.24. The first-order valence-corrected chi connectivity index (χ1v) is 4.79. The molecule has 0 nitrogen and oxygen atoms in total. The molecule has 0 saturated heterocycles. The third-order valence-corrected chi connectivity index (χ3v) is 1.78. The van der Waals surface area contributed by atoms with Crippen LogP contribution in [0.15, 0.2) is 48.4 Å². The summed E-state index contributed by atoms with van der Waals surface area (Å²) in [6.45, 7) is 11.5. The minimum Gasteiger partial charge on any atom is -0.143 e. The van der Waals surface area contributed by atoms with E-state index in [1.54, 1.807) is 6.08 Å². The molecule has 0 unspecified atom stereocenters. The molecule has 1 rings (SSSR count). The van der Waals surface area contributed by atoms with E-state index in [1.807, 2.05) is 38.1 Å². The van der Waals surface area contributed by atoms with Gasteiger partial charge in [-0.05, 0) is 23.3 Å². The molecule has 1 aromatic carbocycles. The average molecular weight is 192 g/mol. The van der Waals surface area contributed by atoms with Gasteiger partial charge in [0.15, 0.2) is 0 Å². The lowest BCUT2D eigenvalue weighted by atomic mass is 10.1. The van der Waals surface area contributed by atoms with Crippen molar-refractivity contribution in [1.82, 2.24) is 0 Å². The molecule has 70 valence electrons. The largest absolute Gasteiger partial charge is 0.143 e. The minimum absolute atomic E-state index is 0.943.